The third-order valence-electron chi connectivity index (χ3n) is 4.81. The van der Waals surface area contributed by atoms with Gasteiger partial charge in [-0.25, -0.2) is 13.2 Å². The summed E-state index contributed by atoms with van der Waals surface area (Å²) in [7, 11) is -3.68. The minimum Gasteiger partial charge on any atom is -0.322 e. The number of hydrogen-bond acceptors (Lipinski definition) is 5. The number of carbonyl (C=O) groups is 2. The highest BCUT2D eigenvalue weighted by molar-refractivity contribution is 7.99. The molecule has 2 fully saturated rings. The summed E-state index contributed by atoms with van der Waals surface area (Å²) in [5, 5.41) is 4.48. The van der Waals surface area contributed by atoms with E-state index in [0.717, 1.165) is 29.9 Å². The molecule has 3 heterocycles. The van der Waals surface area contributed by atoms with Crippen LogP contribution in [-0.4, -0.2) is 60.5 Å². The zero-order chi connectivity index (χ0) is 18.8. The van der Waals surface area contributed by atoms with Crippen molar-refractivity contribution in [3.63, 3.8) is 0 Å². The number of urea groups is 1. The normalized spacial score (nSPS) is 28.0. The van der Waals surface area contributed by atoms with Crippen molar-refractivity contribution in [2.45, 2.75) is 31.7 Å². The number of sulfonamides is 1. The second kappa shape index (κ2) is 7.62. The summed E-state index contributed by atoms with van der Waals surface area (Å²) >= 11 is 1.97. The van der Waals surface area contributed by atoms with Crippen molar-refractivity contribution in [3.05, 3.63) is 11.6 Å². The first-order valence-electron chi connectivity index (χ1n) is 8.68. The molecule has 0 bridgehead atoms. The molecule has 0 aliphatic carbocycles. The van der Waals surface area contributed by atoms with E-state index in [1.54, 1.807) is 0 Å². The first-order valence-corrected chi connectivity index (χ1v) is 11.4. The number of hydrogen-bond donors (Lipinski definition) is 2. The van der Waals surface area contributed by atoms with Crippen molar-refractivity contribution in [3.8, 4) is 11.8 Å². The number of imide groups is 1. The SMILES string of the molecule is C[C@]1(CS(=O)(=O)N2CC=C(C#CC3CCSCC3)CC2)NC(=O)NC1=O. The molecule has 0 aromatic rings. The van der Waals surface area contributed by atoms with Crippen molar-refractivity contribution in [1.82, 2.24) is 14.9 Å². The molecule has 7 nitrogen and oxygen atoms in total. The van der Waals surface area contributed by atoms with E-state index in [-0.39, 0.29) is 6.54 Å². The molecule has 9 heteroatoms. The van der Waals surface area contributed by atoms with Gasteiger partial charge in [-0.15, -0.1) is 0 Å². The molecule has 3 aliphatic rings. The Bertz CT molecular complexity index is 791. The van der Waals surface area contributed by atoms with E-state index in [9.17, 15) is 18.0 Å². The van der Waals surface area contributed by atoms with Gasteiger partial charge in [0, 0.05) is 24.6 Å². The third kappa shape index (κ3) is 4.42. The van der Waals surface area contributed by atoms with Crippen LogP contribution in [0.5, 0.6) is 0 Å². The maximum Gasteiger partial charge on any atom is 0.322 e. The van der Waals surface area contributed by atoms with E-state index < -0.39 is 33.3 Å². The maximum atomic E-state index is 12.6. The van der Waals surface area contributed by atoms with E-state index in [0.29, 0.717) is 18.9 Å². The van der Waals surface area contributed by atoms with E-state index >= 15 is 0 Å². The molecule has 3 amide bonds. The van der Waals surface area contributed by atoms with Crippen LogP contribution >= 0.6 is 11.8 Å². The first-order chi connectivity index (χ1) is 12.3. The predicted octanol–water partition coefficient (Wildman–Crippen LogP) is 0.693. The fourth-order valence-corrected chi connectivity index (χ4v) is 6.08. The number of nitrogens with zero attached hydrogens (tertiary/aromatic N) is 1. The van der Waals surface area contributed by atoms with Gasteiger partial charge in [0.05, 0.1) is 5.75 Å². The highest BCUT2D eigenvalue weighted by atomic mass is 32.2. The van der Waals surface area contributed by atoms with Gasteiger partial charge in [0.15, 0.2) is 0 Å². The van der Waals surface area contributed by atoms with Crippen LogP contribution in [0.2, 0.25) is 0 Å². The Balaban J connectivity index is 1.61. The van der Waals surface area contributed by atoms with Gasteiger partial charge in [0.2, 0.25) is 10.0 Å². The monoisotopic (exact) mass is 397 g/mol. The number of amides is 3. The van der Waals surface area contributed by atoms with Crippen LogP contribution < -0.4 is 10.6 Å². The van der Waals surface area contributed by atoms with Gasteiger partial charge in [-0.3, -0.25) is 10.1 Å². The van der Waals surface area contributed by atoms with Crippen LogP contribution in [-0.2, 0) is 14.8 Å². The van der Waals surface area contributed by atoms with Crippen LogP contribution in [0.4, 0.5) is 4.79 Å². The highest BCUT2D eigenvalue weighted by Gasteiger charge is 2.46. The van der Waals surface area contributed by atoms with E-state index in [1.807, 2.05) is 17.8 Å². The van der Waals surface area contributed by atoms with E-state index in [2.05, 4.69) is 22.5 Å². The Labute approximate surface area is 158 Å². The van der Waals surface area contributed by atoms with Crippen LogP contribution in [0.1, 0.15) is 26.2 Å². The molecule has 142 valence electrons. The Hall–Kier alpha value is -1.50. The molecule has 2 saturated heterocycles. The molecule has 26 heavy (non-hydrogen) atoms. The molecule has 0 saturated carbocycles. The second-order valence-corrected chi connectivity index (χ2v) is 10.2. The van der Waals surface area contributed by atoms with Crippen LogP contribution in [0.3, 0.4) is 0 Å². The third-order valence-corrected chi connectivity index (χ3v) is 7.92. The van der Waals surface area contributed by atoms with E-state index in [4.69, 9.17) is 0 Å². The summed E-state index contributed by atoms with van der Waals surface area (Å²) < 4.78 is 26.6. The Morgan fingerprint density at radius 1 is 1.35 bits per heavy atom. The molecule has 2 N–H and O–H groups in total. The standard InChI is InChI=1S/C17H23N3O4S2/c1-17(15(21)18-16(22)19-17)12-26(23,24)20-8-4-13(5-9-20)2-3-14-6-10-25-11-7-14/h4,14H,5-12H2,1H3,(H2,18,19,21,22)/t17-/m1/s1. The lowest BCUT2D eigenvalue weighted by atomic mass is 10.0. The van der Waals surface area contributed by atoms with Gasteiger partial charge < -0.3 is 5.32 Å². The van der Waals surface area contributed by atoms with Crippen LogP contribution in [0, 0.1) is 17.8 Å². The zero-order valence-electron chi connectivity index (χ0n) is 14.7. The molecule has 0 unspecified atom stereocenters. The number of carbonyl (C=O) groups excluding carboxylic acids is 2. The molecule has 0 spiro atoms. The summed E-state index contributed by atoms with van der Waals surface area (Å²) in [5.74, 6) is 8.24. The van der Waals surface area contributed by atoms with Crippen molar-refractivity contribution in [2.75, 3.05) is 30.3 Å². The fourth-order valence-electron chi connectivity index (χ4n) is 3.19. The van der Waals surface area contributed by atoms with Crippen molar-refractivity contribution in [2.24, 2.45) is 5.92 Å². The molecule has 0 radical (unpaired) electrons. The Morgan fingerprint density at radius 3 is 2.65 bits per heavy atom. The van der Waals surface area contributed by atoms with Gasteiger partial charge >= 0.3 is 6.03 Å². The lowest BCUT2D eigenvalue weighted by Crippen LogP contribution is -2.52. The van der Waals surface area contributed by atoms with Gasteiger partial charge in [0.1, 0.15) is 5.54 Å². The quantitative estimate of drug-likeness (QED) is 0.540. The molecule has 3 rings (SSSR count). The average molecular weight is 398 g/mol. The molecular weight excluding hydrogens is 374 g/mol. The van der Waals surface area contributed by atoms with E-state index in [1.165, 1.54) is 11.2 Å². The van der Waals surface area contributed by atoms with Gasteiger partial charge in [-0.05, 0) is 37.7 Å². The first kappa shape index (κ1) is 19.3. The smallest absolute Gasteiger partial charge is 0.322 e. The van der Waals surface area contributed by atoms with Crippen molar-refractivity contribution < 1.29 is 18.0 Å². The van der Waals surface area contributed by atoms with Crippen molar-refractivity contribution in [1.29, 1.82) is 0 Å². The lowest BCUT2D eigenvalue weighted by Gasteiger charge is -2.28. The minimum absolute atomic E-state index is 0.249. The molecule has 3 aliphatic heterocycles. The lowest BCUT2D eigenvalue weighted by molar-refractivity contribution is -0.122. The zero-order valence-corrected chi connectivity index (χ0v) is 16.3. The Morgan fingerprint density at radius 2 is 2.08 bits per heavy atom. The van der Waals surface area contributed by atoms with Crippen molar-refractivity contribution >= 4 is 33.7 Å². The van der Waals surface area contributed by atoms with Crippen LogP contribution in [0.15, 0.2) is 11.6 Å². The Kier molecular flexibility index (Phi) is 5.65. The number of nitrogens with one attached hydrogen (secondary N) is 2. The second-order valence-electron chi connectivity index (χ2n) is 6.99. The van der Waals surface area contributed by atoms with Gasteiger partial charge in [-0.1, -0.05) is 17.9 Å². The molecule has 0 aromatic carbocycles. The highest BCUT2D eigenvalue weighted by Crippen LogP contribution is 2.23. The molecular formula is C17H23N3O4S2. The van der Waals surface area contributed by atoms with Gasteiger partial charge in [-0.2, -0.15) is 16.1 Å². The largest absolute Gasteiger partial charge is 0.322 e. The summed E-state index contributed by atoms with van der Waals surface area (Å²) in [5.41, 5.74) is -0.452. The number of thioether (sulfide) groups is 1. The minimum atomic E-state index is -3.68. The maximum absolute atomic E-state index is 12.6. The summed E-state index contributed by atoms with van der Waals surface area (Å²) in [6.45, 7) is 2.01. The number of rotatable bonds is 3. The average Bonchev–Trinajstić information content (AvgIpc) is 2.85. The molecule has 0 aromatic heterocycles. The molecule has 1 atom stereocenters. The predicted molar refractivity (Wildman–Crippen MR) is 101 cm³/mol. The summed E-state index contributed by atoms with van der Waals surface area (Å²) in [6, 6.07) is -0.662. The fraction of sp³-hybridized carbons (Fsp3) is 0.647. The summed E-state index contributed by atoms with van der Waals surface area (Å²) in [6.07, 6.45) is 4.67. The summed E-state index contributed by atoms with van der Waals surface area (Å²) in [4.78, 5) is 23.1. The van der Waals surface area contributed by atoms with Crippen LogP contribution in [0.25, 0.3) is 0 Å². The topological polar surface area (TPSA) is 95.6 Å². The van der Waals surface area contributed by atoms with Gasteiger partial charge in [0.25, 0.3) is 5.91 Å².